The molecule has 0 N–H and O–H groups in total. The van der Waals surface area contributed by atoms with Crippen LogP contribution in [0.4, 0.5) is 0 Å². The monoisotopic (exact) mass is 309 g/mol. The SMILES string of the molecule is CCOC(=O)Cc1cc(CC)cc(C#N)c1CBr. The Hall–Kier alpha value is -1.34. The number of nitrogens with zero attached hydrogens (tertiary/aromatic N) is 1. The third-order valence-corrected chi connectivity index (χ3v) is 3.27. The molecule has 0 radical (unpaired) electrons. The molecule has 0 aliphatic heterocycles. The second kappa shape index (κ2) is 7.17. The number of carbonyl (C=O) groups excluding carboxylic acids is 1. The van der Waals surface area contributed by atoms with Gasteiger partial charge in [0.15, 0.2) is 0 Å². The van der Waals surface area contributed by atoms with Gasteiger partial charge in [0, 0.05) is 5.33 Å². The van der Waals surface area contributed by atoms with Gasteiger partial charge in [0.1, 0.15) is 0 Å². The van der Waals surface area contributed by atoms with Gasteiger partial charge in [-0.05, 0) is 36.1 Å². The molecule has 4 heteroatoms. The van der Waals surface area contributed by atoms with Crippen LogP contribution in [-0.4, -0.2) is 12.6 Å². The van der Waals surface area contributed by atoms with Crippen LogP contribution >= 0.6 is 15.9 Å². The molecule has 0 fully saturated rings. The number of benzene rings is 1. The highest BCUT2D eigenvalue weighted by atomic mass is 79.9. The Kier molecular flexibility index (Phi) is 5.87. The van der Waals surface area contributed by atoms with Gasteiger partial charge in [-0.2, -0.15) is 5.26 Å². The van der Waals surface area contributed by atoms with Crippen molar-refractivity contribution in [2.75, 3.05) is 6.61 Å². The van der Waals surface area contributed by atoms with E-state index in [4.69, 9.17) is 10.00 Å². The Labute approximate surface area is 116 Å². The lowest BCUT2D eigenvalue weighted by atomic mass is 9.96. The molecule has 0 bridgehead atoms. The Morgan fingerprint density at radius 1 is 1.44 bits per heavy atom. The summed E-state index contributed by atoms with van der Waals surface area (Å²) in [5, 5.41) is 9.71. The first-order valence-electron chi connectivity index (χ1n) is 5.92. The molecule has 18 heavy (non-hydrogen) atoms. The van der Waals surface area contributed by atoms with Gasteiger partial charge in [0.2, 0.25) is 0 Å². The van der Waals surface area contributed by atoms with Gasteiger partial charge in [0.05, 0.1) is 24.7 Å². The van der Waals surface area contributed by atoms with Crippen LogP contribution in [0.25, 0.3) is 0 Å². The van der Waals surface area contributed by atoms with Crippen molar-refractivity contribution in [3.8, 4) is 6.07 Å². The zero-order chi connectivity index (χ0) is 13.5. The van der Waals surface area contributed by atoms with Gasteiger partial charge >= 0.3 is 5.97 Å². The van der Waals surface area contributed by atoms with Crippen LogP contribution in [-0.2, 0) is 27.7 Å². The van der Waals surface area contributed by atoms with Crippen molar-refractivity contribution in [2.45, 2.75) is 32.0 Å². The maximum Gasteiger partial charge on any atom is 0.310 e. The Balaban J connectivity index is 3.15. The summed E-state index contributed by atoms with van der Waals surface area (Å²) in [5.74, 6) is -0.253. The lowest BCUT2D eigenvalue weighted by Gasteiger charge is -2.11. The number of rotatable bonds is 5. The average Bonchev–Trinajstić information content (AvgIpc) is 2.37. The normalized spacial score (nSPS) is 9.89. The molecule has 0 unspecified atom stereocenters. The molecule has 0 heterocycles. The molecule has 0 aromatic heterocycles. The quantitative estimate of drug-likeness (QED) is 0.620. The molecule has 0 saturated carbocycles. The number of nitriles is 1. The van der Waals surface area contributed by atoms with Crippen molar-refractivity contribution in [2.24, 2.45) is 0 Å². The molecular weight excluding hydrogens is 294 g/mol. The molecule has 0 aliphatic rings. The van der Waals surface area contributed by atoms with Crippen molar-refractivity contribution in [3.05, 3.63) is 34.4 Å². The van der Waals surface area contributed by atoms with E-state index < -0.39 is 0 Å². The molecule has 0 atom stereocenters. The summed E-state index contributed by atoms with van der Waals surface area (Å²) in [6, 6.07) is 6.05. The number of carbonyl (C=O) groups is 1. The van der Waals surface area contributed by atoms with E-state index in [1.54, 1.807) is 6.92 Å². The van der Waals surface area contributed by atoms with E-state index in [2.05, 4.69) is 22.0 Å². The zero-order valence-corrected chi connectivity index (χ0v) is 12.2. The number of ether oxygens (including phenoxy) is 1. The summed E-state index contributed by atoms with van der Waals surface area (Å²) in [4.78, 5) is 11.6. The molecule has 96 valence electrons. The maximum atomic E-state index is 11.6. The smallest absolute Gasteiger partial charge is 0.310 e. The van der Waals surface area contributed by atoms with Crippen LogP contribution in [0.2, 0.25) is 0 Å². The third kappa shape index (κ3) is 3.58. The first-order valence-corrected chi connectivity index (χ1v) is 7.04. The average molecular weight is 310 g/mol. The zero-order valence-electron chi connectivity index (χ0n) is 10.6. The molecule has 1 rings (SSSR count). The predicted molar refractivity (Wildman–Crippen MR) is 73.5 cm³/mol. The number of halogens is 1. The van der Waals surface area contributed by atoms with Crippen molar-refractivity contribution in [3.63, 3.8) is 0 Å². The summed E-state index contributed by atoms with van der Waals surface area (Å²) >= 11 is 3.37. The van der Waals surface area contributed by atoms with Gasteiger partial charge in [-0.15, -0.1) is 0 Å². The summed E-state index contributed by atoms with van der Waals surface area (Å²) in [5.41, 5.74) is 3.45. The topological polar surface area (TPSA) is 50.1 Å². The number of hydrogen-bond acceptors (Lipinski definition) is 3. The van der Waals surface area contributed by atoms with Crippen molar-refractivity contribution >= 4 is 21.9 Å². The molecular formula is C14H16BrNO2. The second-order valence-corrected chi connectivity index (χ2v) is 4.42. The number of esters is 1. The summed E-state index contributed by atoms with van der Waals surface area (Å²) in [6.45, 7) is 4.19. The van der Waals surface area contributed by atoms with Crippen LogP contribution in [0.5, 0.6) is 0 Å². The lowest BCUT2D eigenvalue weighted by Crippen LogP contribution is -2.10. The van der Waals surface area contributed by atoms with Gasteiger partial charge < -0.3 is 4.74 Å². The predicted octanol–water partition coefficient (Wildman–Crippen LogP) is 3.12. The van der Waals surface area contributed by atoms with Crippen LogP contribution in [0.3, 0.4) is 0 Å². The van der Waals surface area contributed by atoms with Crippen LogP contribution < -0.4 is 0 Å². The van der Waals surface area contributed by atoms with E-state index in [0.29, 0.717) is 17.5 Å². The lowest BCUT2D eigenvalue weighted by molar-refractivity contribution is -0.142. The third-order valence-electron chi connectivity index (χ3n) is 2.70. The molecule has 0 aliphatic carbocycles. The standard InChI is InChI=1S/C14H16BrNO2/c1-3-10-5-11(7-14(17)18-4-2)13(8-15)12(6-10)9-16/h5-6H,3-4,7-8H2,1-2H3. The van der Waals surface area contributed by atoms with Crippen LogP contribution in [0, 0.1) is 11.3 Å². The Morgan fingerprint density at radius 2 is 2.17 bits per heavy atom. The van der Waals surface area contributed by atoms with Gasteiger partial charge in [-0.3, -0.25) is 4.79 Å². The molecule has 3 nitrogen and oxygen atoms in total. The molecule has 0 saturated heterocycles. The van der Waals surface area contributed by atoms with Crippen molar-refractivity contribution in [1.82, 2.24) is 0 Å². The van der Waals surface area contributed by atoms with Crippen LogP contribution in [0.15, 0.2) is 12.1 Å². The van der Waals surface area contributed by atoms with E-state index in [0.717, 1.165) is 23.1 Å². The highest BCUT2D eigenvalue weighted by Crippen LogP contribution is 2.21. The van der Waals surface area contributed by atoms with Crippen molar-refractivity contribution in [1.29, 1.82) is 5.26 Å². The molecule has 0 amide bonds. The fraction of sp³-hybridized carbons (Fsp3) is 0.429. The second-order valence-electron chi connectivity index (χ2n) is 3.86. The first-order chi connectivity index (χ1) is 8.65. The summed E-state index contributed by atoms with van der Waals surface area (Å²) in [7, 11) is 0. The first kappa shape index (κ1) is 14.7. The maximum absolute atomic E-state index is 11.6. The minimum Gasteiger partial charge on any atom is -0.466 e. The summed E-state index contributed by atoms with van der Waals surface area (Å²) < 4.78 is 4.96. The molecule has 1 aromatic rings. The Bertz CT molecular complexity index is 477. The fourth-order valence-corrected chi connectivity index (χ4v) is 2.45. The van der Waals surface area contributed by atoms with Gasteiger partial charge in [-0.25, -0.2) is 0 Å². The Morgan fingerprint density at radius 3 is 2.67 bits per heavy atom. The number of alkyl halides is 1. The van der Waals surface area contributed by atoms with E-state index in [-0.39, 0.29) is 12.4 Å². The van der Waals surface area contributed by atoms with E-state index >= 15 is 0 Å². The van der Waals surface area contributed by atoms with Gasteiger partial charge in [-0.1, -0.05) is 28.9 Å². The largest absolute Gasteiger partial charge is 0.466 e. The molecule has 0 spiro atoms. The highest BCUT2D eigenvalue weighted by Gasteiger charge is 2.13. The van der Waals surface area contributed by atoms with E-state index in [1.807, 2.05) is 19.1 Å². The van der Waals surface area contributed by atoms with Crippen LogP contribution in [0.1, 0.15) is 36.1 Å². The fourth-order valence-electron chi connectivity index (χ4n) is 1.78. The highest BCUT2D eigenvalue weighted by molar-refractivity contribution is 9.08. The number of aryl methyl sites for hydroxylation is 1. The van der Waals surface area contributed by atoms with E-state index in [1.165, 1.54) is 0 Å². The van der Waals surface area contributed by atoms with E-state index in [9.17, 15) is 4.79 Å². The summed E-state index contributed by atoms with van der Waals surface area (Å²) in [6.07, 6.45) is 1.06. The molecule has 1 aromatic carbocycles. The minimum atomic E-state index is -0.253. The number of hydrogen-bond donors (Lipinski definition) is 0. The van der Waals surface area contributed by atoms with Crippen molar-refractivity contribution < 1.29 is 9.53 Å². The van der Waals surface area contributed by atoms with Gasteiger partial charge in [0.25, 0.3) is 0 Å². The minimum absolute atomic E-state index is 0.220.